The van der Waals surface area contributed by atoms with Crippen LogP contribution in [0.3, 0.4) is 0 Å². The Labute approximate surface area is 99.2 Å². The van der Waals surface area contributed by atoms with Crippen molar-refractivity contribution in [3.05, 3.63) is 23.8 Å². The van der Waals surface area contributed by atoms with Gasteiger partial charge in [-0.05, 0) is 30.5 Å². The highest BCUT2D eigenvalue weighted by Crippen LogP contribution is 2.48. The molecule has 1 aromatic carbocycles. The van der Waals surface area contributed by atoms with Gasteiger partial charge in [0.2, 0.25) is 0 Å². The molecule has 1 heterocycles. The lowest BCUT2D eigenvalue weighted by atomic mass is 9.91. The minimum atomic E-state index is -0.780. The van der Waals surface area contributed by atoms with Crippen LogP contribution in [0, 0.1) is 0 Å². The summed E-state index contributed by atoms with van der Waals surface area (Å²) in [6.07, 6.45) is 3.68. The Hall–Kier alpha value is -1.71. The summed E-state index contributed by atoms with van der Waals surface area (Å²) in [6.45, 7) is 0. The van der Waals surface area contributed by atoms with E-state index >= 15 is 0 Å². The first-order valence-corrected chi connectivity index (χ1v) is 5.90. The molecule has 1 aromatic rings. The Kier molecular flexibility index (Phi) is 2.24. The first-order chi connectivity index (χ1) is 8.17. The van der Waals surface area contributed by atoms with Crippen LogP contribution in [0.15, 0.2) is 18.2 Å². The molecule has 0 atom stereocenters. The number of benzene rings is 1. The zero-order chi connectivity index (χ0) is 11.9. The summed E-state index contributed by atoms with van der Waals surface area (Å²) in [6, 6.07) is 5.67. The van der Waals surface area contributed by atoms with Crippen LogP contribution < -0.4 is 9.47 Å². The molecule has 1 N–H and O–H groups in total. The Balaban J connectivity index is 1.75. The van der Waals surface area contributed by atoms with Crippen LogP contribution in [-0.2, 0) is 11.2 Å². The van der Waals surface area contributed by atoms with Crippen molar-refractivity contribution < 1.29 is 19.4 Å². The van der Waals surface area contributed by atoms with Gasteiger partial charge in [0.25, 0.3) is 5.79 Å². The summed E-state index contributed by atoms with van der Waals surface area (Å²) in [5.41, 5.74) is 0.978. The van der Waals surface area contributed by atoms with Crippen LogP contribution in [0.4, 0.5) is 0 Å². The van der Waals surface area contributed by atoms with E-state index < -0.39 is 11.8 Å². The second-order valence-electron chi connectivity index (χ2n) is 4.64. The molecule has 0 radical (unpaired) electrons. The van der Waals surface area contributed by atoms with Gasteiger partial charge in [0.15, 0.2) is 11.5 Å². The van der Waals surface area contributed by atoms with Crippen LogP contribution in [0.2, 0.25) is 0 Å². The van der Waals surface area contributed by atoms with Gasteiger partial charge in [0.1, 0.15) is 0 Å². The number of hydrogen-bond donors (Lipinski definition) is 1. The van der Waals surface area contributed by atoms with Crippen LogP contribution in [0.25, 0.3) is 0 Å². The normalized spacial score (nSPS) is 19.1. The lowest BCUT2D eigenvalue weighted by Gasteiger charge is -2.35. The summed E-state index contributed by atoms with van der Waals surface area (Å²) in [5, 5.41) is 8.64. The fourth-order valence-electron chi connectivity index (χ4n) is 2.21. The molecule has 4 heteroatoms. The predicted octanol–water partition coefficient (Wildman–Crippen LogP) is 2.36. The van der Waals surface area contributed by atoms with Crippen molar-refractivity contribution in [3.8, 4) is 11.5 Å². The smallest absolute Gasteiger partial charge is 0.303 e. The van der Waals surface area contributed by atoms with E-state index in [1.807, 2.05) is 18.2 Å². The van der Waals surface area contributed by atoms with Crippen molar-refractivity contribution in [1.82, 2.24) is 0 Å². The SMILES string of the molecule is O=C(O)CCc1ccc2c(c1)OC1(CCC1)O2. The zero-order valence-electron chi connectivity index (χ0n) is 9.44. The molecule has 0 bridgehead atoms. The van der Waals surface area contributed by atoms with Gasteiger partial charge in [-0.15, -0.1) is 0 Å². The van der Waals surface area contributed by atoms with Crippen molar-refractivity contribution in [1.29, 1.82) is 0 Å². The van der Waals surface area contributed by atoms with Crippen molar-refractivity contribution >= 4 is 5.97 Å². The van der Waals surface area contributed by atoms with E-state index in [9.17, 15) is 4.79 Å². The van der Waals surface area contributed by atoms with Crippen LogP contribution in [0.1, 0.15) is 31.2 Å². The Morgan fingerprint density at radius 1 is 1.29 bits per heavy atom. The second kappa shape index (κ2) is 3.65. The van der Waals surface area contributed by atoms with E-state index in [0.717, 1.165) is 36.3 Å². The van der Waals surface area contributed by atoms with E-state index in [1.54, 1.807) is 0 Å². The number of ether oxygens (including phenoxy) is 2. The van der Waals surface area contributed by atoms with Crippen LogP contribution in [-0.4, -0.2) is 16.9 Å². The highest BCUT2D eigenvalue weighted by Gasteiger charge is 2.47. The topological polar surface area (TPSA) is 55.8 Å². The van der Waals surface area contributed by atoms with Gasteiger partial charge in [-0.1, -0.05) is 6.07 Å². The van der Waals surface area contributed by atoms with E-state index in [1.165, 1.54) is 0 Å². The van der Waals surface area contributed by atoms with Crippen molar-refractivity contribution in [3.63, 3.8) is 0 Å². The summed E-state index contributed by atoms with van der Waals surface area (Å²) >= 11 is 0. The molecule has 90 valence electrons. The van der Waals surface area contributed by atoms with Gasteiger partial charge in [0, 0.05) is 19.3 Å². The van der Waals surface area contributed by atoms with Gasteiger partial charge in [-0.3, -0.25) is 4.79 Å². The number of carbonyl (C=O) groups is 1. The van der Waals surface area contributed by atoms with E-state index in [-0.39, 0.29) is 6.42 Å². The maximum atomic E-state index is 10.5. The minimum absolute atomic E-state index is 0.144. The van der Waals surface area contributed by atoms with Gasteiger partial charge in [-0.25, -0.2) is 0 Å². The summed E-state index contributed by atoms with van der Waals surface area (Å²) in [7, 11) is 0. The molecule has 1 fully saturated rings. The third-order valence-electron chi connectivity index (χ3n) is 3.34. The van der Waals surface area contributed by atoms with Crippen molar-refractivity contribution in [2.24, 2.45) is 0 Å². The molecule has 1 aliphatic heterocycles. The number of carboxylic acid groups (broad SMARTS) is 1. The largest absolute Gasteiger partial charge is 0.481 e. The molecule has 3 rings (SSSR count). The molecule has 0 aromatic heterocycles. The molecule has 1 saturated carbocycles. The zero-order valence-corrected chi connectivity index (χ0v) is 9.44. The fraction of sp³-hybridized carbons (Fsp3) is 0.462. The molecule has 2 aliphatic rings. The molecule has 1 spiro atoms. The van der Waals surface area contributed by atoms with Crippen LogP contribution in [0.5, 0.6) is 11.5 Å². The van der Waals surface area contributed by atoms with Gasteiger partial charge in [0.05, 0.1) is 0 Å². The Morgan fingerprint density at radius 2 is 2.06 bits per heavy atom. The lowest BCUT2D eigenvalue weighted by Crippen LogP contribution is -2.45. The number of hydrogen-bond acceptors (Lipinski definition) is 3. The molecular weight excluding hydrogens is 220 g/mol. The highest BCUT2D eigenvalue weighted by atomic mass is 16.7. The maximum absolute atomic E-state index is 10.5. The third-order valence-corrected chi connectivity index (χ3v) is 3.34. The highest BCUT2D eigenvalue weighted by molar-refractivity contribution is 5.67. The quantitative estimate of drug-likeness (QED) is 0.872. The molecular formula is C13H14O4. The van der Waals surface area contributed by atoms with Crippen LogP contribution >= 0.6 is 0 Å². The lowest BCUT2D eigenvalue weighted by molar-refractivity contribution is -0.139. The molecule has 0 unspecified atom stereocenters. The van der Waals surface area contributed by atoms with E-state index in [0.29, 0.717) is 6.42 Å². The minimum Gasteiger partial charge on any atom is -0.481 e. The average Bonchev–Trinajstić information content (AvgIpc) is 2.64. The fourth-order valence-corrected chi connectivity index (χ4v) is 2.21. The second-order valence-corrected chi connectivity index (χ2v) is 4.64. The molecule has 17 heavy (non-hydrogen) atoms. The molecule has 1 aliphatic carbocycles. The molecule has 0 saturated heterocycles. The van der Waals surface area contributed by atoms with Crippen molar-refractivity contribution in [2.45, 2.75) is 37.9 Å². The number of carboxylic acids is 1. The van der Waals surface area contributed by atoms with Gasteiger partial charge in [-0.2, -0.15) is 0 Å². The number of aryl methyl sites for hydroxylation is 1. The predicted molar refractivity (Wildman–Crippen MR) is 60.2 cm³/mol. The molecule has 0 amide bonds. The number of rotatable bonds is 3. The first kappa shape index (κ1) is 10.4. The maximum Gasteiger partial charge on any atom is 0.303 e. The third kappa shape index (κ3) is 1.84. The van der Waals surface area contributed by atoms with Gasteiger partial charge < -0.3 is 14.6 Å². The Bertz CT molecular complexity index is 462. The standard InChI is InChI=1S/C13H14O4/c14-12(15)5-3-9-2-4-10-11(8-9)17-13(16-10)6-1-7-13/h2,4,8H,1,3,5-7H2,(H,14,15). The first-order valence-electron chi connectivity index (χ1n) is 5.90. The van der Waals surface area contributed by atoms with Gasteiger partial charge >= 0.3 is 5.97 Å². The molecule has 4 nitrogen and oxygen atoms in total. The summed E-state index contributed by atoms with van der Waals surface area (Å²) in [4.78, 5) is 10.5. The van der Waals surface area contributed by atoms with E-state index in [4.69, 9.17) is 14.6 Å². The summed E-state index contributed by atoms with van der Waals surface area (Å²) < 4.78 is 11.6. The monoisotopic (exact) mass is 234 g/mol. The van der Waals surface area contributed by atoms with Crippen molar-refractivity contribution in [2.75, 3.05) is 0 Å². The number of fused-ring (bicyclic) bond motifs is 1. The Morgan fingerprint density at radius 3 is 2.71 bits per heavy atom. The summed E-state index contributed by atoms with van der Waals surface area (Å²) in [5.74, 6) is 0.350. The average molecular weight is 234 g/mol. The van der Waals surface area contributed by atoms with E-state index in [2.05, 4.69) is 0 Å². The number of aliphatic carboxylic acids is 1.